The lowest BCUT2D eigenvalue weighted by atomic mass is 9.71. The Morgan fingerprint density at radius 2 is 1.58 bits per heavy atom. The number of H-pyrrole nitrogens is 1. The van der Waals surface area contributed by atoms with Crippen molar-refractivity contribution in [3.63, 3.8) is 0 Å². The van der Waals surface area contributed by atoms with Gasteiger partial charge in [0.15, 0.2) is 0 Å². The zero-order chi connectivity index (χ0) is 26.4. The Labute approximate surface area is 219 Å². The van der Waals surface area contributed by atoms with E-state index in [1.54, 1.807) is 12.1 Å². The quantitative estimate of drug-likeness (QED) is 0.161. The van der Waals surface area contributed by atoms with E-state index in [0.29, 0.717) is 5.69 Å². The van der Waals surface area contributed by atoms with E-state index in [1.165, 1.54) is 7.11 Å². The third kappa shape index (κ3) is 3.45. The number of nitrogens with one attached hydrogen (secondary N) is 1. The lowest BCUT2D eigenvalue weighted by Crippen LogP contribution is -2.25. The molecule has 0 saturated heterocycles. The lowest BCUT2D eigenvalue weighted by Gasteiger charge is -2.31. The molecule has 6 nitrogen and oxygen atoms in total. The molecular weight excluding hydrogens is 476 g/mol. The van der Waals surface area contributed by atoms with Crippen LogP contribution in [0, 0.1) is 17.0 Å². The van der Waals surface area contributed by atoms with E-state index in [4.69, 9.17) is 4.74 Å². The van der Waals surface area contributed by atoms with Gasteiger partial charge in [0, 0.05) is 28.6 Å². The van der Waals surface area contributed by atoms with Gasteiger partial charge in [-0.2, -0.15) is 0 Å². The molecule has 1 heterocycles. The first-order valence-electron chi connectivity index (χ1n) is 12.3. The van der Waals surface area contributed by atoms with Crippen LogP contribution < -0.4 is 0 Å². The van der Waals surface area contributed by atoms with E-state index in [-0.39, 0.29) is 10.6 Å². The highest BCUT2D eigenvalue weighted by molar-refractivity contribution is 6.09. The number of carbonyl (C=O) groups excluding carboxylic acids is 1. The number of nitro benzene ring substituents is 1. The summed E-state index contributed by atoms with van der Waals surface area (Å²) in [6, 6.07) is 31.0. The normalized spacial score (nSPS) is 16.2. The molecule has 1 N–H and O–H groups in total. The van der Waals surface area contributed by atoms with E-state index < -0.39 is 11.4 Å². The van der Waals surface area contributed by atoms with Crippen LogP contribution in [0.25, 0.3) is 16.5 Å². The molecule has 0 amide bonds. The number of aromatic amines is 1. The second kappa shape index (κ2) is 8.85. The first kappa shape index (κ1) is 23.4. The van der Waals surface area contributed by atoms with Crippen LogP contribution in [0.1, 0.15) is 43.9 Å². The third-order valence-corrected chi connectivity index (χ3v) is 7.38. The zero-order valence-electron chi connectivity index (χ0n) is 20.9. The average molecular weight is 501 g/mol. The molecule has 1 aliphatic rings. The van der Waals surface area contributed by atoms with E-state index in [1.807, 2.05) is 54.6 Å². The molecule has 1 atom stereocenters. The Kier molecular flexibility index (Phi) is 5.46. The zero-order valence-corrected chi connectivity index (χ0v) is 20.9. The Bertz CT molecular complexity index is 1750. The maximum atomic E-state index is 13.0. The highest BCUT2D eigenvalue weighted by Crippen LogP contribution is 2.53. The van der Waals surface area contributed by atoms with E-state index in [9.17, 15) is 14.9 Å². The summed E-state index contributed by atoms with van der Waals surface area (Å²) in [5, 5.41) is 12.3. The minimum absolute atomic E-state index is 0.0354. The molecule has 0 unspecified atom stereocenters. The molecule has 1 aromatic heterocycles. The Balaban J connectivity index is 1.73. The Morgan fingerprint density at radius 3 is 2.29 bits per heavy atom. The van der Waals surface area contributed by atoms with Crippen LogP contribution in [0.15, 0.2) is 103 Å². The summed E-state index contributed by atoms with van der Waals surface area (Å²) in [5.74, 6) is -0.446. The van der Waals surface area contributed by atoms with E-state index in [2.05, 4.69) is 48.3 Å². The van der Waals surface area contributed by atoms with Crippen LogP contribution in [0.5, 0.6) is 0 Å². The number of aromatic nitrogens is 1. The first-order valence-corrected chi connectivity index (χ1v) is 12.3. The number of methoxy groups -OCH3 is 1. The number of rotatable bonds is 5. The summed E-state index contributed by atoms with van der Waals surface area (Å²) in [6.45, 7) is 2.05. The van der Waals surface area contributed by atoms with Crippen LogP contribution in [-0.4, -0.2) is 23.0 Å². The molecule has 186 valence electrons. The summed E-state index contributed by atoms with van der Waals surface area (Å²) < 4.78 is 5.17. The Morgan fingerprint density at radius 1 is 0.895 bits per heavy atom. The van der Waals surface area contributed by atoms with Crippen molar-refractivity contribution in [2.45, 2.75) is 12.3 Å². The fraction of sp³-hybridized carbons (Fsp3) is 0.0938. The van der Waals surface area contributed by atoms with Crippen LogP contribution in [0.2, 0.25) is 0 Å². The van der Waals surface area contributed by atoms with E-state index >= 15 is 0 Å². The second-order valence-corrected chi connectivity index (χ2v) is 9.50. The number of para-hydroxylation sites is 1. The van der Waals surface area contributed by atoms with Gasteiger partial charge in [-0.05, 0) is 40.8 Å². The van der Waals surface area contributed by atoms with Gasteiger partial charge in [-0.3, -0.25) is 10.1 Å². The predicted octanol–water partition coefficient (Wildman–Crippen LogP) is 6.95. The number of aryl methyl sites for hydroxylation is 1. The number of fused-ring (bicyclic) bond motifs is 2. The van der Waals surface area contributed by atoms with Crippen molar-refractivity contribution >= 4 is 28.1 Å². The topological polar surface area (TPSA) is 85.2 Å². The maximum absolute atomic E-state index is 13.0. The number of hydrogen-bond acceptors (Lipinski definition) is 4. The molecule has 38 heavy (non-hydrogen) atoms. The predicted molar refractivity (Wildman–Crippen MR) is 147 cm³/mol. The molecule has 1 aliphatic carbocycles. The van der Waals surface area contributed by atoms with Gasteiger partial charge in [-0.15, -0.1) is 0 Å². The number of esters is 1. The first-order chi connectivity index (χ1) is 18.4. The Hall–Kier alpha value is -4.97. The fourth-order valence-electron chi connectivity index (χ4n) is 5.67. The fourth-order valence-corrected chi connectivity index (χ4v) is 5.67. The van der Waals surface area contributed by atoms with Gasteiger partial charge in [0.1, 0.15) is 5.69 Å². The minimum atomic E-state index is -0.737. The molecule has 0 saturated carbocycles. The van der Waals surface area contributed by atoms with Crippen molar-refractivity contribution < 1.29 is 14.5 Å². The average Bonchev–Trinajstić information content (AvgIpc) is 3.49. The van der Waals surface area contributed by atoms with Gasteiger partial charge in [0.2, 0.25) is 0 Å². The number of nitro groups is 1. The monoisotopic (exact) mass is 500 g/mol. The van der Waals surface area contributed by atoms with Crippen molar-refractivity contribution in [3.8, 4) is 0 Å². The summed E-state index contributed by atoms with van der Waals surface area (Å²) >= 11 is 0. The van der Waals surface area contributed by atoms with Gasteiger partial charge in [-0.1, -0.05) is 90.5 Å². The summed E-state index contributed by atoms with van der Waals surface area (Å²) in [7, 11) is 1.38. The van der Waals surface area contributed by atoms with Gasteiger partial charge < -0.3 is 9.72 Å². The molecular formula is C32H24N2O4. The van der Waals surface area contributed by atoms with Crippen LogP contribution in [-0.2, 0) is 10.2 Å². The van der Waals surface area contributed by atoms with Gasteiger partial charge >= 0.3 is 5.97 Å². The van der Waals surface area contributed by atoms with Crippen molar-refractivity contribution in [1.29, 1.82) is 0 Å². The lowest BCUT2D eigenvalue weighted by molar-refractivity contribution is -0.384. The molecule has 4 aromatic carbocycles. The molecule has 0 radical (unpaired) electrons. The molecule has 5 aromatic rings. The van der Waals surface area contributed by atoms with Crippen LogP contribution in [0.3, 0.4) is 0 Å². The largest absolute Gasteiger partial charge is 0.464 e. The van der Waals surface area contributed by atoms with Crippen molar-refractivity contribution in [1.82, 2.24) is 4.98 Å². The number of ether oxygens (including phenoxy) is 1. The summed E-state index contributed by atoms with van der Waals surface area (Å²) in [6.07, 6.45) is 2.19. The molecule has 0 fully saturated rings. The molecule has 0 aliphatic heterocycles. The van der Waals surface area contributed by atoms with E-state index in [0.717, 1.165) is 49.9 Å². The van der Waals surface area contributed by atoms with Crippen molar-refractivity contribution in [3.05, 3.63) is 152 Å². The van der Waals surface area contributed by atoms with Crippen LogP contribution in [0.4, 0.5) is 5.69 Å². The third-order valence-electron chi connectivity index (χ3n) is 7.38. The van der Waals surface area contributed by atoms with Gasteiger partial charge in [-0.25, -0.2) is 4.79 Å². The number of allylic oxidation sites excluding steroid dienone is 1. The number of carbonyl (C=O) groups is 1. The summed E-state index contributed by atoms with van der Waals surface area (Å²) in [5.41, 5.74) is 7.26. The smallest absolute Gasteiger partial charge is 0.355 e. The molecule has 6 heteroatoms. The van der Waals surface area contributed by atoms with Crippen molar-refractivity contribution in [2.24, 2.45) is 0 Å². The SMILES string of the molecule is COC(=O)c1[nH]c2ccccc2c1C1=C[C@@](c2ccccc2)(c2ccc([N+](=O)[O-])cc2)c2cc(C)ccc21. The standard InChI is InChI=1S/C32H24N2O4/c1-20-12-17-24-26(29-25-10-6-7-11-28(25)33-30(29)31(35)38-2)19-32(27(24)18-20,21-8-4-3-5-9-21)22-13-15-23(16-14-22)34(36)37/h3-19,33H,1-2H3/t32-/m1/s1. The van der Waals surface area contributed by atoms with Gasteiger partial charge in [0.25, 0.3) is 5.69 Å². The van der Waals surface area contributed by atoms with Crippen LogP contribution >= 0.6 is 0 Å². The summed E-state index contributed by atoms with van der Waals surface area (Å²) in [4.78, 5) is 27.3. The number of hydrogen-bond donors (Lipinski definition) is 1. The molecule has 6 rings (SSSR count). The highest BCUT2D eigenvalue weighted by atomic mass is 16.6. The number of benzene rings is 4. The molecule has 0 bridgehead atoms. The maximum Gasteiger partial charge on any atom is 0.355 e. The molecule has 0 spiro atoms. The van der Waals surface area contributed by atoms with Gasteiger partial charge in [0.05, 0.1) is 17.4 Å². The minimum Gasteiger partial charge on any atom is -0.464 e. The number of non-ortho nitro benzene ring substituents is 1. The van der Waals surface area contributed by atoms with Crippen molar-refractivity contribution in [2.75, 3.05) is 7.11 Å². The highest BCUT2D eigenvalue weighted by Gasteiger charge is 2.43. The number of nitrogens with zero attached hydrogens (tertiary/aromatic N) is 1. The second-order valence-electron chi connectivity index (χ2n) is 9.50.